The van der Waals surface area contributed by atoms with Gasteiger partial charge in [0.1, 0.15) is 4.90 Å². The molecule has 1 aliphatic heterocycles. The Labute approximate surface area is 165 Å². The van der Waals surface area contributed by atoms with Crippen LogP contribution in [0.2, 0.25) is 0 Å². The largest absolute Gasteiger partial charge is 0.339 e. The first kappa shape index (κ1) is 20.5. The maximum Gasteiger partial charge on any atom is 0.257 e. The van der Waals surface area contributed by atoms with Gasteiger partial charge in [-0.15, -0.1) is 0 Å². The van der Waals surface area contributed by atoms with Crippen LogP contribution in [0.1, 0.15) is 54.4 Å². The third-order valence-electron chi connectivity index (χ3n) is 5.55. The van der Waals surface area contributed by atoms with Crippen molar-refractivity contribution in [1.29, 1.82) is 0 Å². The van der Waals surface area contributed by atoms with Crippen LogP contribution in [-0.2, 0) is 17.1 Å². The fraction of sp³-hybridized carbons (Fsp3) is 0.611. The molecule has 1 fully saturated rings. The van der Waals surface area contributed by atoms with E-state index in [0.29, 0.717) is 37.4 Å². The number of carbonyl (C=O) groups excluding carboxylic acids is 1. The van der Waals surface area contributed by atoms with E-state index < -0.39 is 10.0 Å². The minimum Gasteiger partial charge on any atom is -0.339 e. The van der Waals surface area contributed by atoms with Gasteiger partial charge in [0.2, 0.25) is 10.0 Å². The summed E-state index contributed by atoms with van der Waals surface area (Å²) in [5.74, 6) is -0.172. The number of aryl methyl sites for hydroxylation is 1. The second-order valence-electron chi connectivity index (χ2n) is 7.09. The number of aromatic nitrogens is 4. The topological polar surface area (TPSA) is 104 Å². The molecule has 2 aromatic heterocycles. The van der Waals surface area contributed by atoms with Gasteiger partial charge in [0.05, 0.1) is 29.3 Å². The first-order chi connectivity index (χ1) is 13.3. The number of amides is 1. The number of nitrogens with zero attached hydrogens (tertiary/aromatic N) is 5. The van der Waals surface area contributed by atoms with Gasteiger partial charge in [0.15, 0.2) is 0 Å². The van der Waals surface area contributed by atoms with Crippen LogP contribution in [0.15, 0.2) is 17.3 Å². The molecule has 3 heterocycles. The van der Waals surface area contributed by atoms with E-state index in [1.165, 1.54) is 10.5 Å². The van der Waals surface area contributed by atoms with Gasteiger partial charge < -0.3 is 4.90 Å². The molecular weight excluding hydrogens is 380 g/mol. The van der Waals surface area contributed by atoms with E-state index >= 15 is 0 Å². The Bertz CT molecular complexity index is 944. The molecule has 3 rings (SSSR count). The van der Waals surface area contributed by atoms with Crippen molar-refractivity contribution in [1.82, 2.24) is 29.2 Å². The highest BCUT2D eigenvalue weighted by Crippen LogP contribution is 2.32. The molecule has 9 nitrogen and oxygen atoms in total. The van der Waals surface area contributed by atoms with Gasteiger partial charge in [0.25, 0.3) is 5.91 Å². The van der Waals surface area contributed by atoms with Gasteiger partial charge in [-0.05, 0) is 33.6 Å². The first-order valence-corrected chi connectivity index (χ1v) is 11.1. The van der Waals surface area contributed by atoms with Crippen molar-refractivity contribution >= 4 is 15.9 Å². The number of nitrogens with one attached hydrogen (secondary N) is 1. The molecule has 0 spiro atoms. The van der Waals surface area contributed by atoms with E-state index in [-0.39, 0.29) is 16.7 Å². The van der Waals surface area contributed by atoms with Crippen LogP contribution in [0.25, 0.3) is 0 Å². The molecule has 1 atom stereocenters. The Balaban J connectivity index is 1.86. The summed E-state index contributed by atoms with van der Waals surface area (Å²) in [6.07, 6.45) is 4.48. The number of piperidine rings is 1. The molecule has 0 bridgehead atoms. The Morgan fingerprint density at radius 3 is 2.64 bits per heavy atom. The Hall–Kier alpha value is -2.20. The van der Waals surface area contributed by atoms with Crippen LogP contribution in [0.3, 0.4) is 0 Å². The fourth-order valence-electron chi connectivity index (χ4n) is 3.73. The summed E-state index contributed by atoms with van der Waals surface area (Å²) in [6.45, 7) is 7.63. The molecule has 1 amide bonds. The van der Waals surface area contributed by atoms with Crippen LogP contribution in [0.4, 0.5) is 0 Å². The molecule has 28 heavy (non-hydrogen) atoms. The normalized spacial score (nSPS) is 18.4. The Morgan fingerprint density at radius 1 is 1.32 bits per heavy atom. The Morgan fingerprint density at radius 2 is 2.04 bits per heavy atom. The van der Waals surface area contributed by atoms with Gasteiger partial charge in [-0.25, -0.2) is 8.42 Å². The van der Waals surface area contributed by atoms with E-state index in [2.05, 4.69) is 15.3 Å². The van der Waals surface area contributed by atoms with Crippen LogP contribution in [-0.4, -0.2) is 69.7 Å². The van der Waals surface area contributed by atoms with Gasteiger partial charge in [-0.3, -0.25) is 14.6 Å². The van der Waals surface area contributed by atoms with Crippen molar-refractivity contribution < 1.29 is 13.2 Å². The van der Waals surface area contributed by atoms with Crippen molar-refractivity contribution in [3.8, 4) is 0 Å². The number of aromatic amines is 1. The average molecular weight is 409 g/mol. The number of rotatable bonds is 6. The van der Waals surface area contributed by atoms with Gasteiger partial charge in [-0.1, -0.05) is 0 Å². The van der Waals surface area contributed by atoms with E-state index in [4.69, 9.17) is 0 Å². The van der Waals surface area contributed by atoms with Crippen LogP contribution >= 0.6 is 0 Å². The van der Waals surface area contributed by atoms with E-state index in [0.717, 1.165) is 18.5 Å². The summed E-state index contributed by atoms with van der Waals surface area (Å²) < 4.78 is 29.3. The first-order valence-electron chi connectivity index (χ1n) is 9.62. The van der Waals surface area contributed by atoms with Gasteiger partial charge >= 0.3 is 0 Å². The SMILES string of the molecule is CCN(CC)C(=O)c1cn[nH]c1C1CCCN(S(=O)(=O)c2cnn(C)c2C)C1. The molecule has 1 aliphatic rings. The lowest BCUT2D eigenvalue weighted by molar-refractivity contribution is 0.0771. The van der Waals surface area contributed by atoms with E-state index in [1.54, 1.807) is 29.7 Å². The van der Waals surface area contributed by atoms with Crippen molar-refractivity contribution in [3.63, 3.8) is 0 Å². The molecule has 1 unspecified atom stereocenters. The third kappa shape index (κ3) is 3.58. The smallest absolute Gasteiger partial charge is 0.257 e. The molecule has 0 aromatic carbocycles. The zero-order valence-corrected chi connectivity index (χ0v) is 17.7. The quantitative estimate of drug-likeness (QED) is 0.780. The highest BCUT2D eigenvalue weighted by Gasteiger charge is 2.35. The van der Waals surface area contributed by atoms with Gasteiger partial charge in [0, 0.05) is 39.1 Å². The number of hydrogen-bond acceptors (Lipinski definition) is 5. The highest BCUT2D eigenvalue weighted by molar-refractivity contribution is 7.89. The summed E-state index contributed by atoms with van der Waals surface area (Å²) in [6, 6.07) is 0. The molecule has 1 saturated heterocycles. The Kier molecular flexibility index (Phi) is 5.90. The molecule has 1 N–H and O–H groups in total. The lowest BCUT2D eigenvalue weighted by atomic mass is 9.93. The molecule has 10 heteroatoms. The number of carbonyl (C=O) groups is 1. The van der Waals surface area contributed by atoms with Crippen molar-refractivity contribution in [3.05, 3.63) is 29.3 Å². The molecule has 2 aromatic rings. The summed E-state index contributed by atoms with van der Waals surface area (Å²) in [5.41, 5.74) is 1.87. The van der Waals surface area contributed by atoms with Gasteiger partial charge in [-0.2, -0.15) is 14.5 Å². The summed E-state index contributed by atoms with van der Waals surface area (Å²) in [7, 11) is -1.91. The number of sulfonamides is 1. The minimum atomic E-state index is -3.63. The third-order valence-corrected chi connectivity index (χ3v) is 7.52. The van der Waals surface area contributed by atoms with Crippen LogP contribution in [0, 0.1) is 6.92 Å². The van der Waals surface area contributed by atoms with Crippen molar-refractivity contribution in [2.75, 3.05) is 26.2 Å². The zero-order chi connectivity index (χ0) is 20.5. The summed E-state index contributed by atoms with van der Waals surface area (Å²) in [4.78, 5) is 14.8. The summed E-state index contributed by atoms with van der Waals surface area (Å²) in [5, 5.41) is 11.1. The van der Waals surface area contributed by atoms with Crippen molar-refractivity contribution in [2.45, 2.75) is 44.4 Å². The minimum absolute atomic E-state index is 0.0724. The zero-order valence-electron chi connectivity index (χ0n) is 16.8. The molecule has 154 valence electrons. The molecular formula is C18H28N6O3S. The second kappa shape index (κ2) is 8.04. The lowest BCUT2D eigenvalue weighted by Crippen LogP contribution is -2.40. The summed E-state index contributed by atoms with van der Waals surface area (Å²) >= 11 is 0. The standard InChI is InChI=1S/C18H28N6O3S/c1-5-23(6-2)18(25)15-10-19-21-17(15)14-8-7-9-24(12-14)28(26,27)16-11-20-22(4)13(16)3/h10-11,14H,5-9,12H2,1-4H3,(H,19,21). The van der Waals surface area contributed by atoms with E-state index in [1.807, 2.05) is 13.8 Å². The maximum absolute atomic E-state index is 13.1. The molecule has 0 saturated carbocycles. The maximum atomic E-state index is 13.1. The van der Waals surface area contributed by atoms with Crippen LogP contribution in [0.5, 0.6) is 0 Å². The lowest BCUT2D eigenvalue weighted by Gasteiger charge is -2.32. The predicted molar refractivity (Wildman–Crippen MR) is 105 cm³/mol. The van der Waals surface area contributed by atoms with E-state index in [9.17, 15) is 13.2 Å². The fourth-order valence-corrected chi connectivity index (χ4v) is 5.44. The average Bonchev–Trinajstić information content (AvgIpc) is 3.30. The van der Waals surface area contributed by atoms with Crippen LogP contribution < -0.4 is 0 Å². The number of H-pyrrole nitrogens is 1. The van der Waals surface area contributed by atoms with Crippen molar-refractivity contribution in [2.24, 2.45) is 7.05 Å². The second-order valence-corrected chi connectivity index (χ2v) is 9.00. The molecule has 0 aliphatic carbocycles. The number of hydrogen-bond donors (Lipinski definition) is 1. The predicted octanol–water partition coefficient (Wildman–Crippen LogP) is 1.50. The molecule has 0 radical (unpaired) electrons. The highest BCUT2D eigenvalue weighted by atomic mass is 32.2. The monoisotopic (exact) mass is 408 g/mol.